The first-order valence-corrected chi connectivity index (χ1v) is 7.67. The highest BCUT2D eigenvalue weighted by molar-refractivity contribution is 6.32. The molecule has 0 aliphatic heterocycles. The minimum absolute atomic E-state index is 0.0826. The molecule has 3 N–H and O–H groups in total. The molecule has 2 aromatic carbocycles. The molecule has 0 aromatic heterocycles. The SMILES string of the molecule is COc1ccc(NC(=O)/C(C#N)=C\Nc2cccc(C(=O)O)c2)cc1Cl. The number of rotatable bonds is 6. The summed E-state index contributed by atoms with van der Waals surface area (Å²) in [7, 11) is 1.47. The molecule has 0 spiro atoms. The summed E-state index contributed by atoms with van der Waals surface area (Å²) in [6.45, 7) is 0. The Labute approximate surface area is 154 Å². The normalized spacial score (nSPS) is 10.6. The fourth-order valence-electron chi connectivity index (χ4n) is 1.99. The average molecular weight is 372 g/mol. The van der Waals surface area contributed by atoms with Gasteiger partial charge in [0, 0.05) is 17.6 Å². The number of nitriles is 1. The number of halogens is 1. The van der Waals surface area contributed by atoms with Gasteiger partial charge in [0.25, 0.3) is 5.91 Å². The zero-order valence-electron chi connectivity index (χ0n) is 13.6. The van der Waals surface area contributed by atoms with Gasteiger partial charge >= 0.3 is 5.97 Å². The fourth-order valence-corrected chi connectivity index (χ4v) is 2.25. The average Bonchev–Trinajstić information content (AvgIpc) is 2.62. The molecule has 2 rings (SSSR count). The van der Waals surface area contributed by atoms with Crippen LogP contribution in [0.3, 0.4) is 0 Å². The van der Waals surface area contributed by atoms with Crippen molar-refractivity contribution in [3.63, 3.8) is 0 Å². The molecule has 1 amide bonds. The molecule has 0 saturated heterocycles. The summed E-state index contributed by atoms with van der Waals surface area (Å²) in [6, 6.07) is 12.4. The number of benzene rings is 2. The molecule has 0 aliphatic rings. The summed E-state index contributed by atoms with van der Waals surface area (Å²) in [6.07, 6.45) is 1.20. The zero-order chi connectivity index (χ0) is 19.1. The van der Waals surface area contributed by atoms with Crippen LogP contribution < -0.4 is 15.4 Å². The van der Waals surface area contributed by atoms with E-state index in [-0.39, 0.29) is 11.1 Å². The van der Waals surface area contributed by atoms with E-state index in [1.165, 1.54) is 31.5 Å². The first-order valence-electron chi connectivity index (χ1n) is 7.29. The van der Waals surface area contributed by atoms with Crippen LogP contribution in [0.4, 0.5) is 11.4 Å². The molecule has 0 bridgehead atoms. The lowest BCUT2D eigenvalue weighted by atomic mass is 10.2. The highest BCUT2D eigenvalue weighted by Crippen LogP contribution is 2.27. The van der Waals surface area contributed by atoms with Crippen molar-refractivity contribution in [2.75, 3.05) is 17.7 Å². The van der Waals surface area contributed by atoms with Crippen molar-refractivity contribution in [2.45, 2.75) is 0 Å². The molecule has 0 unspecified atom stereocenters. The Bertz CT molecular complexity index is 919. The van der Waals surface area contributed by atoms with Crippen LogP contribution in [0.5, 0.6) is 5.75 Å². The second kappa shape index (κ2) is 8.55. The maximum absolute atomic E-state index is 12.2. The van der Waals surface area contributed by atoms with Crippen LogP contribution in [0.2, 0.25) is 5.02 Å². The summed E-state index contributed by atoms with van der Waals surface area (Å²) in [4.78, 5) is 23.1. The van der Waals surface area contributed by atoms with E-state index in [1.807, 2.05) is 0 Å². The van der Waals surface area contributed by atoms with Gasteiger partial charge in [0.15, 0.2) is 0 Å². The minimum atomic E-state index is -1.08. The van der Waals surface area contributed by atoms with E-state index in [0.29, 0.717) is 22.1 Å². The summed E-state index contributed by atoms with van der Waals surface area (Å²) >= 11 is 5.99. The van der Waals surface area contributed by atoms with E-state index >= 15 is 0 Å². The molecular formula is C18H14ClN3O4. The van der Waals surface area contributed by atoms with E-state index in [4.69, 9.17) is 21.4 Å². The molecule has 0 heterocycles. The van der Waals surface area contributed by atoms with Crippen molar-refractivity contribution in [1.29, 1.82) is 5.26 Å². The monoisotopic (exact) mass is 371 g/mol. The third kappa shape index (κ3) is 4.75. The van der Waals surface area contributed by atoms with Crippen LogP contribution in [-0.2, 0) is 4.79 Å². The van der Waals surface area contributed by atoms with Gasteiger partial charge in [0.05, 0.1) is 17.7 Å². The molecule has 0 atom stereocenters. The van der Waals surface area contributed by atoms with Crippen molar-refractivity contribution in [1.82, 2.24) is 0 Å². The molecule has 0 fully saturated rings. The van der Waals surface area contributed by atoms with Gasteiger partial charge < -0.3 is 20.5 Å². The highest BCUT2D eigenvalue weighted by Gasteiger charge is 2.11. The Morgan fingerprint density at radius 1 is 1.23 bits per heavy atom. The number of carboxylic acid groups (broad SMARTS) is 1. The molecule has 26 heavy (non-hydrogen) atoms. The van der Waals surface area contributed by atoms with Gasteiger partial charge in [-0.15, -0.1) is 0 Å². The van der Waals surface area contributed by atoms with Crippen LogP contribution in [0.1, 0.15) is 10.4 Å². The number of carboxylic acids is 1. The fraction of sp³-hybridized carbons (Fsp3) is 0.0556. The van der Waals surface area contributed by atoms with E-state index in [1.54, 1.807) is 30.3 Å². The maximum atomic E-state index is 12.2. The minimum Gasteiger partial charge on any atom is -0.495 e. The first-order chi connectivity index (χ1) is 12.4. The Balaban J connectivity index is 2.12. The molecule has 7 nitrogen and oxygen atoms in total. The van der Waals surface area contributed by atoms with E-state index in [2.05, 4.69) is 10.6 Å². The number of carbonyl (C=O) groups is 2. The van der Waals surface area contributed by atoms with Crippen molar-refractivity contribution in [2.24, 2.45) is 0 Å². The Morgan fingerprint density at radius 3 is 2.62 bits per heavy atom. The van der Waals surface area contributed by atoms with Crippen LogP contribution in [0.25, 0.3) is 0 Å². The van der Waals surface area contributed by atoms with Crippen LogP contribution in [-0.4, -0.2) is 24.1 Å². The summed E-state index contributed by atoms with van der Waals surface area (Å²) in [5.41, 5.74) is 0.713. The van der Waals surface area contributed by atoms with Crippen LogP contribution >= 0.6 is 11.6 Å². The molecule has 0 saturated carbocycles. The molecule has 132 valence electrons. The van der Waals surface area contributed by atoms with Gasteiger partial charge in [-0.3, -0.25) is 4.79 Å². The standard InChI is InChI=1S/C18H14ClN3O4/c1-26-16-6-5-14(8-15(16)19)22-17(23)12(9-20)10-21-13-4-2-3-11(7-13)18(24)25/h2-8,10,21H,1H3,(H,22,23)(H,24,25)/b12-10-. The van der Waals surface area contributed by atoms with E-state index in [0.717, 1.165) is 0 Å². The Hall–Kier alpha value is -3.50. The number of hydrogen-bond donors (Lipinski definition) is 3. The predicted octanol–water partition coefficient (Wildman–Crippen LogP) is 3.50. The lowest BCUT2D eigenvalue weighted by molar-refractivity contribution is -0.112. The molecule has 2 aromatic rings. The molecular weight excluding hydrogens is 358 g/mol. The van der Waals surface area contributed by atoms with Crippen molar-refractivity contribution in [3.05, 3.63) is 64.8 Å². The Morgan fingerprint density at radius 2 is 2.00 bits per heavy atom. The maximum Gasteiger partial charge on any atom is 0.335 e. The quantitative estimate of drug-likeness (QED) is 0.529. The van der Waals surface area contributed by atoms with E-state index in [9.17, 15) is 14.9 Å². The van der Waals surface area contributed by atoms with Crippen molar-refractivity contribution in [3.8, 4) is 11.8 Å². The first kappa shape index (κ1) is 18.8. The van der Waals surface area contributed by atoms with Crippen LogP contribution in [0.15, 0.2) is 54.2 Å². The van der Waals surface area contributed by atoms with E-state index < -0.39 is 11.9 Å². The topological polar surface area (TPSA) is 111 Å². The summed E-state index contributed by atoms with van der Waals surface area (Å²) in [5, 5.41) is 23.7. The van der Waals surface area contributed by atoms with Crippen LogP contribution in [0, 0.1) is 11.3 Å². The van der Waals surface area contributed by atoms with Gasteiger partial charge in [0.1, 0.15) is 17.4 Å². The predicted molar refractivity (Wildman–Crippen MR) is 97.4 cm³/mol. The smallest absolute Gasteiger partial charge is 0.335 e. The number of ether oxygens (including phenoxy) is 1. The largest absolute Gasteiger partial charge is 0.495 e. The number of nitrogens with zero attached hydrogens (tertiary/aromatic N) is 1. The highest BCUT2D eigenvalue weighted by atomic mass is 35.5. The number of aromatic carboxylic acids is 1. The third-order valence-electron chi connectivity index (χ3n) is 3.27. The number of anilines is 2. The number of carbonyl (C=O) groups excluding carboxylic acids is 1. The molecule has 0 aliphatic carbocycles. The Kier molecular flexibility index (Phi) is 6.20. The van der Waals surface area contributed by atoms with Gasteiger partial charge in [-0.2, -0.15) is 5.26 Å². The number of hydrogen-bond acceptors (Lipinski definition) is 5. The van der Waals surface area contributed by atoms with Gasteiger partial charge in [-0.05, 0) is 36.4 Å². The van der Waals surface area contributed by atoms with Crippen molar-refractivity contribution < 1.29 is 19.4 Å². The lowest BCUT2D eigenvalue weighted by Gasteiger charge is -2.08. The van der Waals surface area contributed by atoms with Gasteiger partial charge in [-0.1, -0.05) is 17.7 Å². The molecule has 8 heteroatoms. The summed E-state index contributed by atoms with van der Waals surface area (Å²) < 4.78 is 5.03. The lowest BCUT2D eigenvalue weighted by Crippen LogP contribution is -2.14. The second-order valence-corrected chi connectivity index (χ2v) is 5.41. The van der Waals surface area contributed by atoms with Crippen molar-refractivity contribution >= 4 is 34.9 Å². The number of methoxy groups -OCH3 is 1. The second-order valence-electron chi connectivity index (χ2n) is 5.00. The third-order valence-corrected chi connectivity index (χ3v) is 3.56. The van der Waals surface area contributed by atoms with Gasteiger partial charge in [-0.25, -0.2) is 4.79 Å². The van der Waals surface area contributed by atoms with Gasteiger partial charge in [0.2, 0.25) is 0 Å². The summed E-state index contributed by atoms with van der Waals surface area (Å²) in [5.74, 6) is -1.26. The number of nitrogens with one attached hydrogen (secondary N) is 2. The number of amides is 1. The molecule has 0 radical (unpaired) electrons. The zero-order valence-corrected chi connectivity index (χ0v) is 14.4.